The molecule has 118 valence electrons. The quantitative estimate of drug-likeness (QED) is 0.837. The van der Waals surface area contributed by atoms with Crippen molar-refractivity contribution in [2.24, 2.45) is 0 Å². The first-order valence-corrected chi connectivity index (χ1v) is 9.25. The van der Waals surface area contributed by atoms with Crippen LogP contribution in [0, 0.1) is 0 Å². The maximum atomic E-state index is 13.0. The van der Waals surface area contributed by atoms with Gasteiger partial charge in [-0.15, -0.1) is 0 Å². The number of hydrogen-bond acceptors (Lipinski definition) is 3. The zero-order chi connectivity index (χ0) is 15.6. The second kappa shape index (κ2) is 6.32. The molecule has 4 nitrogen and oxygen atoms in total. The molecule has 1 heterocycles. The first kappa shape index (κ1) is 15.4. The van der Waals surface area contributed by atoms with Crippen LogP contribution in [0.15, 0.2) is 30.3 Å². The van der Waals surface area contributed by atoms with Crippen LogP contribution in [0.4, 0.5) is 0 Å². The van der Waals surface area contributed by atoms with E-state index in [-0.39, 0.29) is 17.2 Å². The van der Waals surface area contributed by atoms with E-state index in [9.17, 15) is 9.59 Å². The largest absolute Gasteiger partial charge is 0.273 e. The van der Waals surface area contributed by atoms with Crippen molar-refractivity contribution in [3.8, 4) is 0 Å². The standard InChI is InChI=1S/C17H22N2O2S/c1-22-13-8-15(20)18-11-5-12-19(18)16(21)17(9-10-17)14-6-3-2-4-7-14/h2-4,6-7H,5,8-13H2,1H3. The lowest BCUT2D eigenvalue weighted by atomic mass is 9.95. The lowest BCUT2D eigenvalue weighted by Crippen LogP contribution is -2.49. The number of hydrogen-bond donors (Lipinski definition) is 0. The summed E-state index contributed by atoms with van der Waals surface area (Å²) in [7, 11) is 0. The van der Waals surface area contributed by atoms with Crippen molar-refractivity contribution in [3.63, 3.8) is 0 Å². The second-order valence-corrected chi connectivity index (χ2v) is 6.98. The molecule has 3 rings (SSSR count). The Balaban J connectivity index is 1.75. The number of rotatable bonds is 5. The second-order valence-electron chi connectivity index (χ2n) is 5.99. The fraction of sp³-hybridized carbons (Fsp3) is 0.529. The number of carbonyl (C=O) groups is 2. The number of benzene rings is 1. The van der Waals surface area contributed by atoms with E-state index in [0.29, 0.717) is 19.5 Å². The van der Waals surface area contributed by atoms with Crippen LogP contribution in [0.2, 0.25) is 0 Å². The summed E-state index contributed by atoms with van der Waals surface area (Å²) in [5, 5.41) is 3.39. The minimum atomic E-state index is -0.385. The topological polar surface area (TPSA) is 40.6 Å². The maximum Gasteiger partial charge on any atom is 0.251 e. The van der Waals surface area contributed by atoms with Gasteiger partial charge < -0.3 is 0 Å². The van der Waals surface area contributed by atoms with Gasteiger partial charge in [-0.25, -0.2) is 0 Å². The van der Waals surface area contributed by atoms with Crippen LogP contribution in [0.5, 0.6) is 0 Å². The van der Waals surface area contributed by atoms with Crippen LogP contribution in [-0.4, -0.2) is 46.9 Å². The minimum Gasteiger partial charge on any atom is -0.273 e. The Morgan fingerprint density at radius 3 is 2.45 bits per heavy atom. The summed E-state index contributed by atoms with van der Waals surface area (Å²) in [5.74, 6) is 0.985. The molecule has 1 aliphatic heterocycles. The third-order valence-corrected chi connectivity index (χ3v) is 5.17. The Morgan fingerprint density at radius 2 is 1.82 bits per heavy atom. The lowest BCUT2D eigenvalue weighted by Gasteiger charge is -2.31. The number of amides is 2. The van der Waals surface area contributed by atoms with Gasteiger partial charge in [-0.1, -0.05) is 30.3 Å². The highest BCUT2D eigenvalue weighted by Crippen LogP contribution is 2.50. The fourth-order valence-electron chi connectivity index (χ4n) is 3.16. The predicted molar refractivity (Wildman–Crippen MR) is 88.4 cm³/mol. The Kier molecular flexibility index (Phi) is 4.43. The van der Waals surface area contributed by atoms with Gasteiger partial charge in [0.15, 0.2) is 0 Å². The molecule has 1 saturated carbocycles. The average Bonchev–Trinajstić information content (AvgIpc) is 3.23. The van der Waals surface area contributed by atoms with E-state index in [1.165, 1.54) is 0 Å². The van der Waals surface area contributed by atoms with Gasteiger partial charge in [0.25, 0.3) is 5.91 Å². The molecule has 1 saturated heterocycles. The molecule has 5 heteroatoms. The normalized spacial score (nSPS) is 19.3. The Labute approximate surface area is 135 Å². The molecule has 0 bridgehead atoms. The van der Waals surface area contributed by atoms with Crippen molar-refractivity contribution in [2.45, 2.75) is 31.1 Å². The van der Waals surface area contributed by atoms with Gasteiger partial charge in [-0.3, -0.25) is 19.6 Å². The molecule has 0 unspecified atom stereocenters. The van der Waals surface area contributed by atoms with E-state index in [2.05, 4.69) is 0 Å². The number of nitrogens with zero attached hydrogens (tertiary/aromatic N) is 2. The van der Waals surface area contributed by atoms with Crippen LogP contribution in [-0.2, 0) is 15.0 Å². The summed E-state index contributed by atoms with van der Waals surface area (Å²) in [4.78, 5) is 25.4. The minimum absolute atomic E-state index is 0.0732. The molecule has 2 fully saturated rings. The molecule has 2 aliphatic rings. The van der Waals surface area contributed by atoms with Crippen LogP contribution in [0.1, 0.15) is 31.2 Å². The molecule has 1 aromatic carbocycles. The third kappa shape index (κ3) is 2.74. The van der Waals surface area contributed by atoms with Crippen LogP contribution >= 0.6 is 11.8 Å². The van der Waals surface area contributed by atoms with Crippen molar-refractivity contribution >= 4 is 23.6 Å². The highest BCUT2D eigenvalue weighted by Gasteiger charge is 2.54. The van der Waals surface area contributed by atoms with Gasteiger partial charge in [-0.05, 0) is 31.1 Å². The smallest absolute Gasteiger partial charge is 0.251 e. The molecule has 1 aromatic rings. The molecule has 0 atom stereocenters. The van der Waals surface area contributed by atoms with Crippen molar-refractivity contribution < 1.29 is 9.59 Å². The Hall–Kier alpha value is -1.49. The lowest BCUT2D eigenvalue weighted by molar-refractivity contribution is -0.159. The Morgan fingerprint density at radius 1 is 1.14 bits per heavy atom. The van der Waals surface area contributed by atoms with E-state index < -0.39 is 0 Å². The van der Waals surface area contributed by atoms with Crippen LogP contribution < -0.4 is 0 Å². The molecule has 0 aromatic heterocycles. The number of carbonyl (C=O) groups excluding carboxylic acids is 2. The molecule has 0 radical (unpaired) electrons. The van der Waals surface area contributed by atoms with Crippen molar-refractivity contribution in [1.82, 2.24) is 10.0 Å². The van der Waals surface area contributed by atoms with E-state index in [0.717, 1.165) is 30.6 Å². The van der Waals surface area contributed by atoms with Gasteiger partial charge in [-0.2, -0.15) is 11.8 Å². The maximum absolute atomic E-state index is 13.0. The third-order valence-electron chi connectivity index (χ3n) is 4.56. The first-order chi connectivity index (χ1) is 10.7. The van der Waals surface area contributed by atoms with Gasteiger partial charge in [0.2, 0.25) is 5.91 Å². The highest BCUT2D eigenvalue weighted by molar-refractivity contribution is 7.98. The summed E-state index contributed by atoms with van der Waals surface area (Å²) in [6, 6.07) is 9.99. The van der Waals surface area contributed by atoms with Gasteiger partial charge >= 0.3 is 0 Å². The zero-order valence-electron chi connectivity index (χ0n) is 13.0. The average molecular weight is 318 g/mol. The van der Waals surface area contributed by atoms with Crippen molar-refractivity contribution in [1.29, 1.82) is 0 Å². The van der Waals surface area contributed by atoms with Gasteiger partial charge in [0.05, 0.1) is 5.41 Å². The number of hydrazine groups is 1. The molecular formula is C17H22N2O2S. The van der Waals surface area contributed by atoms with Crippen molar-refractivity contribution in [3.05, 3.63) is 35.9 Å². The predicted octanol–water partition coefficient (Wildman–Crippen LogP) is 2.45. The molecule has 0 spiro atoms. The fourth-order valence-corrected chi connectivity index (χ4v) is 3.53. The van der Waals surface area contributed by atoms with Crippen LogP contribution in [0.25, 0.3) is 0 Å². The summed E-state index contributed by atoms with van der Waals surface area (Å²) >= 11 is 1.66. The van der Waals surface area contributed by atoms with E-state index in [1.807, 2.05) is 36.6 Å². The van der Waals surface area contributed by atoms with E-state index in [1.54, 1.807) is 21.8 Å². The van der Waals surface area contributed by atoms with E-state index in [4.69, 9.17) is 0 Å². The zero-order valence-corrected chi connectivity index (χ0v) is 13.8. The van der Waals surface area contributed by atoms with Crippen LogP contribution in [0.3, 0.4) is 0 Å². The molecular weight excluding hydrogens is 296 g/mol. The summed E-state index contributed by atoms with van der Waals surface area (Å²) in [6.07, 6.45) is 5.15. The van der Waals surface area contributed by atoms with E-state index >= 15 is 0 Å². The molecule has 22 heavy (non-hydrogen) atoms. The van der Waals surface area contributed by atoms with Gasteiger partial charge in [0, 0.05) is 25.3 Å². The summed E-state index contributed by atoms with van der Waals surface area (Å²) < 4.78 is 0. The first-order valence-electron chi connectivity index (χ1n) is 7.86. The summed E-state index contributed by atoms with van der Waals surface area (Å²) in [5.41, 5.74) is 0.701. The monoisotopic (exact) mass is 318 g/mol. The highest BCUT2D eigenvalue weighted by atomic mass is 32.2. The van der Waals surface area contributed by atoms with Crippen molar-refractivity contribution in [2.75, 3.05) is 25.1 Å². The Bertz CT molecular complexity index is 557. The molecule has 2 amide bonds. The molecule has 0 N–H and O–H groups in total. The summed E-state index contributed by atoms with van der Waals surface area (Å²) in [6.45, 7) is 1.34. The van der Waals surface area contributed by atoms with Gasteiger partial charge in [0.1, 0.15) is 0 Å². The number of thioether (sulfide) groups is 1. The SMILES string of the molecule is CSCCC(=O)N1CCCN1C(=O)C1(c2ccccc2)CC1. The molecule has 1 aliphatic carbocycles.